The number of ether oxygens (including phenoxy) is 2. The van der Waals surface area contributed by atoms with Gasteiger partial charge in [0.2, 0.25) is 0 Å². The summed E-state index contributed by atoms with van der Waals surface area (Å²) in [5.74, 6) is -0.0503. The van der Waals surface area contributed by atoms with Gasteiger partial charge in [0.05, 0.1) is 12.3 Å². The zero-order valence-corrected chi connectivity index (χ0v) is 11.2. The molecule has 6 nitrogen and oxygen atoms in total. The van der Waals surface area contributed by atoms with Crippen molar-refractivity contribution < 1.29 is 19.4 Å². The second-order valence-electron chi connectivity index (χ2n) is 4.32. The van der Waals surface area contributed by atoms with E-state index in [1.807, 2.05) is 6.92 Å². The van der Waals surface area contributed by atoms with Crippen LogP contribution in [-0.4, -0.2) is 34.3 Å². The molecule has 0 aromatic carbocycles. The Balaban J connectivity index is 3.05. The predicted octanol–water partition coefficient (Wildman–Crippen LogP) is 1.35. The molecule has 1 aromatic heterocycles. The summed E-state index contributed by atoms with van der Waals surface area (Å²) in [5, 5.41) is 10.0. The molecule has 1 heterocycles. The zero-order chi connectivity index (χ0) is 13.8. The van der Waals surface area contributed by atoms with Crippen LogP contribution in [0, 0.1) is 0 Å². The van der Waals surface area contributed by atoms with Gasteiger partial charge < -0.3 is 19.6 Å². The third-order valence-corrected chi connectivity index (χ3v) is 2.28. The molecule has 2 N–H and O–H groups in total. The number of H-pyrrole nitrogens is 1. The Morgan fingerprint density at radius 1 is 1.39 bits per heavy atom. The molecule has 6 heteroatoms. The van der Waals surface area contributed by atoms with Crippen molar-refractivity contribution in [1.29, 1.82) is 0 Å². The lowest BCUT2D eigenvalue weighted by atomic mass is 10.0. The van der Waals surface area contributed by atoms with Crippen molar-refractivity contribution in [2.45, 2.75) is 39.9 Å². The number of carbonyl (C=O) groups is 1. The molecule has 0 aliphatic rings. The van der Waals surface area contributed by atoms with E-state index in [1.165, 1.54) is 0 Å². The number of imidazole rings is 1. The van der Waals surface area contributed by atoms with Gasteiger partial charge in [0.25, 0.3) is 0 Å². The molecule has 0 saturated heterocycles. The van der Waals surface area contributed by atoms with Crippen molar-refractivity contribution in [2.24, 2.45) is 0 Å². The minimum atomic E-state index is -1.19. The Morgan fingerprint density at radius 2 is 2.06 bits per heavy atom. The van der Waals surface area contributed by atoms with E-state index >= 15 is 0 Å². The number of nitrogens with zero attached hydrogens (tertiary/aromatic N) is 1. The maximum atomic E-state index is 11.7. The molecular weight excluding hydrogens is 236 g/mol. The topological polar surface area (TPSA) is 84.4 Å². The molecule has 0 saturated carbocycles. The van der Waals surface area contributed by atoms with Crippen LogP contribution in [0.15, 0.2) is 0 Å². The van der Waals surface area contributed by atoms with Gasteiger partial charge in [0.15, 0.2) is 5.69 Å². The van der Waals surface area contributed by atoms with Crippen molar-refractivity contribution >= 4 is 5.97 Å². The lowest BCUT2D eigenvalue weighted by Crippen LogP contribution is -2.21. The van der Waals surface area contributed by atoms with Crippen LogP contribution in [0.25, 0.3) is 0 Å². The molecule has 0 atom stereocenters. The molecule has 0 bridgehead atoms. The van der Waals surface area contributed by atoms with E-state index in [9.17, 15) is 9.90 Å². The lowest BCUT2D eigenvalue weighted by Gasteiger charge is -2.16. The number of aromatic nitrogens is 2. The third kappa shape index (κ3) is 3.54. The molecular formula is C12H20N2O4. The third-order valence-electron chi connectivity index (χ3n) is 2.28. The van der Waals surface area contributed by atoms with Gasteiger partial charge in [-0.25, -0.2) is 9.78 Å². The van der Waals surface area contributed by atoms with Crippen molar-refractivity contribution in [3.63, 3.8) is 0 Å². The number of aromatic amines is 1. The zero-order valence-electron chi connectivity index (χ0n) is 11.2. The first kappa shape index (κ1) is 14.7. The highest BCUT2D eigenvalue weighted by molar-refractivity contribution is 5.88. The van der Waals surface area contributed by atoms with Crippen LogP contribution in [0.4, 0.5) is 0 Å². The number of hydrogen-bond donors (Lipinski definition) is 2. The fraction of sp³-hybridized carbons (Fsp3) is 0.667. The van der Waals surface area contributed by atoms with Crippen LogP contribution in [0.1, 0.15) is 49.7 Å². The Labute approximate surface area is 106 Å². The average molecular weight is 256 g/mol. The summed E-state index contributed by atoms with van der Waals surface area (Å²) in [6.07, 6.45) is 0. The molecule has 0 aliphatic heterocycles. The summed E-state index contributed by atoms with van der Waals surface area (Å²) in [4.78, 5) is 18.8. The molecule has 102 valence electrons. The van der Waals surface area contributed by atoms with Crippen molar-refractivity contribution in [3.8, 4) is 0 Å². The molecule has 0 fully saturated rings. The Bertz CT molecular complexity index is 407. The van der Waals surface area contributed by atoms with E-state index in [0.29, 0.717) is 18.1 Å². The fourth-order valence-electron chi connectivity index (χ4n) is 1.48. The Kier molecular flexibility index (Phi) is 4.86. The van der Waals surface area contributed by atoms with E-state index in [0.717, 1.165) is 0 Å². The van der Waals surface area contributed by atoms with Crippen LogP contribution in [0.5, 0.6) is 0 Å². The normalized spacial score (nSPS) is 11.6. The van der Waals surface area contributed by atoms with Gasteiger partial charge in [0.1, 0.15) is 18.0 Å². The van der Waals surface area contributed by atoms with Crippen LogP contribution in [0.2, 0.25) is 0 Å². The number of aliphatic hydroxyl groups is 1. The van der Waals surface area contributed by atoms with E-state index in [-0.39, 0.29) is 18.9 Å². The second kappa shape index (κ2) is 5.97. The summed E-state index contributed by atoms with van der Waals surface area (Å²) in [5.41, 5.74) is -0.741. The number of rotatable bonds is 6. The summed E-state index contributed by atoms with van der Waals surface area (Å²) in [7, 11) is 0. The number of esters is 1. The highest BCUT2D eigenvalue weighted by atomic mass is 16.5. The van der Waals surface area contributed by atoms with Crippen LogP contribution in [-0.2, 0) is 21.7 Å². The van der Waals surface area contributed by atoms with E-state index in [2.05, 4.69) is 9.97 Å². The van der Waals surface area contributed by atoms with Crippen LogP contribution in [0.3, 0.4) is 0 Å². The number of carbonyl (C=O) groups excluding carboxylic acids is 1. The Morgan fingerprint density at radius 3 is 2.56 bits per heavy atom. The van der Waals surface area contributed by atoms with E-state index in [1.54, 1.807) is 20.8 Å². The second-order valence-corrected chi connectivity index (χ2v) is 4.32. The summed E-state index contributed by atoms with van der Waals surface area (Å²) >= 11 is 0. The summed E-state index contributed by atoms with van der Waals surface area (Å²) in [6.45, 7) is 7.81. The molecule has 0 amide bonds. The molecule has 1 aromatic rings. The monoisotopic (exact) mass is 256 g/mol. The molecule has 0 spiro atoms. The maximum Gasteiger partial charge on any atom is 0.358 e. The predicted molar refractivity (Wildman–Crippen MR) is 65.1 cm³/mol. The maximum absolute atomic E-state index is 11.7. The van der Waals surface area contributed by atoms with Gasteiger partial charge in [-0.3, -0.25) is 0 Å². The average Bonchev–Trinajstić information content (AvgIpc) is 2.70. The highest BCUT2D eigenvalue weighted by Crippen LogP contribution is 2.22. The summed E-state index contributed by atoms with van der Waals surface area (Å²) in [6, 6.07) is 0. The number of nitrogens with one attached hydrogen (secondary N) is 1. The van der Waals surface area contributed by atoms with Crippen molar-refractivity contribution in [1.82, 2.24) is 9.97 Å². The minimum Gasteiger partial charge on any atom is -0.461 e. The Hall–Kier alpha value is -1.40. The van der Waals surface area contributed by atoms with Gasteiger partial charge in [-0.2, -0.15) is 0 Å². The lowest BCUT2D eigenvalue weighted by molar-refractivity contribution is 0.0476. The van der Waals surface area contributed by atoms with E-state index < -0.39 is 11.6 Å². The molecule has 0 unspecified atom stereocenters. The first-order chi connectivity index (χ1) is 8.40. The summed E-state index contributed by atoms with van der Waals surface area (Å²) < 4.78 is 10.1. The van der Waals surface area contributed by atoms with Crippen molar-refractivity contribution in [3.05, 3.63) is 17.2 Å². The molecule has 1 rings (SSSR count). The van der Waals surface area contributed by atoms with Gasteiger partial charge in [0, 0.05) is 6.61 Å². The van der Waals surface area contributed by atoms with Gasteiger partial charge in [-0.15, -0.1) is 0 Å². The first-order valence-corrected chi connectivity index (χ1v) is 5.96. The van der Waals surface area contributed by atoms with Crippen LogP contribution >= 0.6 is 0 Å². The van der Waals surface area contributed by atoms with Gasteiger partial charge >= 0.3 is 5.97 Å². The molecule has 18 heavy (non-hydrogen) atoms. The first-order valence-electron chi connectivity index (χ1n) is 5.96. The minimum absolute atomic E-state index is 0.110. The van der Waals surface area contributed by atoms with Gasteiger partial charge in [-0.1, -0.05) is 0 Å². The molecule has 0 radical (unpaired) electrons. The molecule has 0 aliphatic carbocycles. The SMILES string of the molecule is CCOCc1nc(C(=O)OCC)c(C(C)(C)O)[nH]1. The largest absolute Gasteiger partial charge is 0.461 e. The van der Waals surface area contributed by atoms with Crippen molar-refractivity contribution in [2.75, 3.05) is 13.2 Å². The number of hydrogen-bond acceptors (Lipinski definition) is 5. The van der Waals surface area contributed by atoms with E-state index in [4.69, 9.17) is 9.47 Å². The van der Waals surface area contributed by atoms with Crippen LogP contribution < -0.4 is 0 Å². The quantitative estimate of drug-likeness (QED) is 0.750. The van der Waals surface area contributed by atoms with Gasteiger partial charge in [-0.05, 0) is 27.7 Å². The fourth-order valence-corrected chi connectivity index (χ4v) is 1.48. The standard InChI is InChI=1S/C12H20N2O4/c1-5-17-7-8-13-9(11(15)18-6-2)10(14-8)12(3,4)16/h16H,5-7H2,1-4H3,(H,13,14). The smallest absolute Gasteiger partial charge is 0.358 e. The highest BCUT2D eigenvalue weighted by Gasteiger charge is 2.28.